The van der Waals surface area contributed by atoms with Gasteiger partial charge in [-0.1, -0.05) is 51.5 Å². The van der Waals surface area contributed by atoms with Gasteiger partial charge >= 0.3 is 0 Å². The maximum absolute atomic E-state index is 10.8. The quantitative estimate of drug-likeness (QED) is 0.629. The van der Waals surface area contributed by atoms with Gasteiger partial charge in [0.2, 0.25) is 0 Å². The van der Waals surface area contributed by atoms with E-state index in [2.05, 4.69) is 33.0 Å². The van der Waals surface area contributed by atoms with Gasteiger partial charge in [0, 0.05) is 24.7 Å². The Kier molecular flexibility index (Phi) is 5.70. The van der Waals surface area contributed by atoms with Crippen molar-refractivity contribution in [2.75, 3.05) is 6.54 Å². The van der Waals surface area contributed by atoms with Gasteiger partial charge in [-0.2, -0.15) is 0 Å². The standard InChI is InChI=1S/C15H22N2O2/c1-11(2)14(10-16-12(3)4)8-13-6-5-7-15(9-13)17(18)19/h5-9,11-12,16H,10H2,1-4H3. The van der Waals surface area contributed by atoms with E-state index in [1.165, 1.54) is 11.6 Å². The van der Waals surface area contributed by atoms with Crippen LogP contribution in [0.2, 0.25) is 0 Å². The minimum absolute atomic E-state index is 0.133. The van der Waals surface area contributed by atoms with Gasteiger partial charge in [-0.05, 0) is 11.5 Å². The van der Waals surface area contributed by atoms with E-state index >= 15 is 0 Å². The Morgan fingerprint density at radius 1 is 1.37 bits per heavy atom. The van der Waals surface area contributed by atoms with Crippen molar-refractivity contribution in [1.29, 1.82) is 0 Å². The number of rotatable bonds is 6. The number of nitro groups is 1. The van der Waals surface area contributed by atoms with Gasteiger partial charge in [0.05, 0.1) is 4.92 Å². The normalized spacial score (nSPS) is 12.2. The van der Waals surface area contributed by atoms with E-state index in [0.29, 0.717) is 12.0 Å². The predicted octanol–water partition coefficient (Wildman–Crippen LogP) is 3.63. The van der Waals surface area contributed by atoms with Crippen LogP contribution in [0.3, 0.4) is 0 Å². The topological polar surface area (TPSA) is 55.2 Å². The molecule has 104 valence electrons. The van der Waals surface area contributed by atoms with Crippen molar-refractivity contribution in [3.8, 4) is 0 Å². The summed E-state index contributed by atoms with van der Waals surface area (Å²) in [6, 6.07) is 7.16. The highest BCUT2D eigenvalue weighted by atomic mass is 16.6. The zero-order chi connectivity index (χ0) is 14.4. The van der Waals surface area contributed by atoms with Crippen molar-refractivity contribution in [1.82, 2.24) is 5.32 Å². The maximum atomic E-state index is 10.8. The zero-order valence-electron chi connectivity index (χ0n) is 12.0. The third-order valence-corrected chi connectivity index (χ3v) is 2.89. The third kappa shape index (κ3) is 5.22. The Labute approximate surface area is 114 Å². The van der Waals surface area contributed by atoms with E-state index in [0.717, 1.165) is 12.1 Å². The van der Waals surface area contributed by atoms with E-state index < -0.39 is 0 Å². The van der Waals surface area contributed by atoms with Crippen molar-refractivity contribution in [3.05, 3.63) is 45.5 Å². The van der Waals surface area contributed by atoms with Crippen LogP contribution < -0.4 is 5.32 Å². The SMILES string of the molecule is CC(C)NCC(=Cc1cccc([N+](=O)[O-])c1)C(C)C. The van der Waals surface area contributed by atoms with Crippen LogP contribution in [0.25, 0.3) is 6.08 Å². The van der Waals surface area contributed by atoms with Crippen LogP contribution in [0.5, 0.6) is 0 Å². The molecule has 1 rings (SSSR count). The van der Waals surface area contributed by atoms with Crippen molar-refractivity contribution >= 4 is 11.8 Å². The molecule has 0 bridgehead atoms. The lowest BCUT2D eigenvalue weighted by molar-refractivity contribution is -0.384. The molecule has 0 aliphatic carbocycles. The van der Waals surface area contributed by atoms with Crippen LogP contribution in [0.1, 0.15) is 33.3 Å². The van der Waals surface area contributed by atoms with Crippen LogP contribution in [0, 0.1) is 16.0 Å². The van der Waals surface area contributed by atoms with Crippen LogP contribution >= 0.6 is 0 Å². The Morgan fingerprint density at radius 3 is 2.58 bits per heavy atom. The highest BCUT2D eigenvalue weighted by molar-refractivity contribution is 5.56. The van der Waals surface area contributed by atoms with Gasteiger partial charge in [0.25, 0.3) is 5.69 Å². The molecule has 1 N–H and O–H groups in total. The lowest BCUT2D eigenvalue weighted by atomic mass is 10.00. The second kappa shape index (κ2) is 7.04. The Hall–Kier alpha value is -1.68. The second-order valence-corrected chi connectivity index (χ2v) is 5.26. The van der Waals surface area contributed by atoms with Crippen LogP contribution in [-0.4, -0.2) is 17.5 Å². The molecule has 0 unspecified atom stereocenters. The van der Waals surface area contributed by atoms with Crippen LogP contribution in [0.4, 0.5) is 5.69 Å². The largest absolute Gasteiger partial charge is 0.311 e. The van der Waals surface area contributed by atoms with E-state index in [1.54, 1.807) is 12.1 Å². The average molecular weight is 262 g/mol. The van der Waals surface area contributed by atoms with Crippen LogP contribution in [0.15, 0.2) is 29.8 Å². The maximum Gasteiger partial charge on any atom is 0.270 e. The summed E-state index contributed by atoms with van der Waals surface area (Å²) < 4.78 is 0. The molecule has 1 aromatic carbocycles. The van der Waals surface area contributed by atoms with Crippen molar-refractivity contribution in [2.24, 2.45) is 5.92 Å². The fourth-order valence-corrected chi connectivity index (χ4v) is 1.69. The summed E-state index contributed by atoms with van der Waals surface area (Å²) in [5, 5.41) is 14.1. The summed E-state index contributed by atoms with van der Waals surface area (Å²) in [5.41, 5.74) is 2.26. The van der Waals surface area contributed by atoms with E-state index in [4.69, 9.17) is 0 Å². The number of nitro benzene ring substituents is 1. The fraction of sp³-hybridized carbons (Fsp3) is 0.467. The third-order valence-electron chi connectivity index (χ3n) is 2.89. The number of nitrogens with zero attached hydrogens (tertiary/aromatic N) is 1. The molecule has 19 heavy (non-hydrogen) atoms. The van der Waals surface area contributed by atoms with E-state index in [9.17, 15) is 10.1 Å². The minimum atomic E-state index is -0.362. The summed E-state index contributed by atoms with van der Waals surface area (Å²) in [5.74, 6) is 0.408. The summed E-state index contributed by atoms with van der Waals surface area (Å²) >= 11 is 0. The molecule has 0 aromatic heterocycles. The summed E-state index contributed by atoms with van der Waals surface area (Å²) in [4.78, 5) is 10.4. The van der Waals surface area contributed by atoms with Gasteiger partial charge in [-0.3, -0.25) is 10.1 Å². The molecule has 0 fully saturated rings. The number of non-ortho nitro benzene ring substituents is 1. The Bertz CT molecular complexity index is 465. The number of benzene rings is 1. The number of hydrogen-bond acceptors (Lipinski definition) is 3. The van der Waals surface area contributed by atoms with Crippen LogP contribution in [-0.2, 0) is 0 Å². The fourth-order valence-electron chi connectivity index (χ4n) is 1.69. The molecule has 4 heteroatoms. The zero-order valence-corrected chi connectivity index (χ0v) is 12.0. The minimum Gasteiger partial charge on any atom is -0.311 e. The lowest BCUT2D eigenvalue weighted by Gasteiger charge is -2.15. The molecule has 0 spiro atoms. The summed E-state index contributed by atoms with van der Waals surface area (Å²) in [7, 11) is 0. The molecule has 0 saturated carbocycles. The van der Waals surface area contributed by atoms with Gasteiger partial charge < -0.3 is 5.32 Å². The average Bonchev–Trinajstić information content (AvgIpc) is 2.34. The lowest BCUT2D eigenvalue weighted by Crippen LogP contribution is -2.26. The highest BCUT2D eigenvalue weighted by Gasteiger charge is 2.07. The molecule has 0 radical (unpaired) electrons. The predicted molar refractivity (Wildman–Crippen MR) is 79.1 cm³/mol. The molecule has 0 saturated heterocycles. The molecule has 0 amide bonds. The van der Waals surface area contributed by atoms with Crippen molar-refractivity contribution in [3.63, 3.8) is 0 Å². The van der Waals surface area contributed by atoms with E-state index in [-0.39, 0.29) is 10.6 Å². The van der Waals surface area contributed by atoms with Gasteiger partial charge in [0.15, 0.2) is 0 Å². The second-order valence-electron chi connectivity index (χ2n) is 5.26. The molecule has 0 heterocycles. The first-order valence-electron chi connectivity index (χ1n) is 6.58. The first-order valence-corrected chi connectivity index (χ1v) is 6.58. The van der Waals surface area contributed by atoms with E-state index in [1.807, 2.05) is 12.1 Å². The molecule has 0 aliphatic rings. The monoisotopic (exact) mass is 262 g/mol. The number of hydrogen-bond donors (Lipinski definition) is 1. The molecular weight excluding hydrogens is 240 g/mol. The Morgan fingerprint density at radius 2 is 2.05 bits per heavy atom. The van der Waals surface area contributed by atoms with Crippen molar-refractivity contribution in [2.45, 2.75) is 33.7 Å². The molecule has 4 nitrogen and oxygen atoms in total. The smallest absolute Gasteiger partial charge is 0.270 e. The number of nitrogens with one attached hydrogen (secondary N) is 1. The first-order chi connectivity index (χ1) is 8.90. The van der Waals surface area contributed by atoms with Gasteiger partial charge in [-0.25, -0.2) is 0 Å². The Balaban J connectivity index is 2.94. The summed E-state index contributed by atoms with van der Waals surface area (Å²) in [6.45, 7) is 9.27. The highest BCUT2D eigenvalue weighted by Crippen LogP contribution is 2.18. The first kappa shape index (κ1) is 15.4. The molecule has 0 aliphatic heterocycles. The molecular formula is C15H22N2O2. The molecule has 0 atom stereocenters. The van der Waals surface area contributed by atoms with Gasteiger partial charge in [0.1, 0.15) is 0 Å². The summed E-state index contributed by atoms with van der Waals surface area (Å²) in [6.07, 6.45) is 2.03. The van der Waals surface area contributed by atoms with Gasteiger partial charge in [-0.15, -0.1) is 0 Å². The van der Waals surface area contributed by atoms with Crippen molar-refractivity contribution < 1.29 is 4.92 Å². The molecule has 1 aromatic rings.